The molecule has 3 rings (SSSR count). The summed E-state index contributed by atoms with van der Waals surface area (Å²) >= 11 is 1.75. The van der Waals surface area contributed by atoms with Crippen LogP contribution >= 0.6 is 11.3 Å². The number of anilines is 1. The molecule has 21 heavy (non-hydrogen) atoms. The summed E-state index contributed by atoms with van der Waals surface area (Å²) in [5.74, 6) is -0.705. The number of piperazine rings is 1. The molecule has 5 nitrogen and oxygen atoms in total. The number of thiazole rings is 1. The number of benzene rings is 1. The van der Waals surface area contributed by atoms with Gasteiger partial charge in [-0.3, -0.25) is 9.69 Å². The van der Waals surface area contributed by atoms with Gasteiger partial charge in [0.1, 0.15) is 0 Å². The highest BCUT2D eigenvalue weighted by Gasteiger charge is 2.19. The fraction of sp³-hybridized carbons (Fsp3) is 0.467. The molecule has 0 radical (unpaired) electrons. The molecule has 1 fully saturated rings. The van der Waals surface area contributed by atoms with Gasteiger partial charge in [-0.15, -0.1) is 0 Å². The Morgan fingerprint density at radius 3 is 2.71 bits per heavy atom. The first kappa shape index (κ1) is 14.3. The molecule has 0 amide bonds. The molecule has 1 N–H and O–H groups in total. The minimum atomic E-state index is -0.705. The van der Waals surface area contributed by atoms with Crippen LogP contribution in [0.4, 0.5) is 5.13 Å². The van der Waals surface area contributed by atoms with Crippen molar-refractivity contribution in [1.29, 1.82) is 0 Å². The van der Waals surface area contributed by atoms with Crippen LogP contribution in [0.2, 0.25) is 0 Å². The molecule has 0 spiro atoms. The molecule has 0 unspecified atom stereocenters. The van der Waals surface area contributed by atoms with E-state index in [4.69, 9.17) is 10.1 Å². The Hall–Kier alpha value is -1.66. The second-order valence-corrected chi connectivity index (χ2v) is 6.30. The van der Waals surface area contributed by atoms with Crippen LogP contribution in [-0.4, -0.2) is 53.7 Å². The van der Waals surface area contributed by atoms with Crippen molar-refractivity contribution in [3.63, 3.8) is 0 Å². The Morgan fingerprint density at radius 1 is 1.24 bits per heavy atom. The lowest BCUT2D eigenvalue weighted by Crippen LogP contribution is -2.46. The largest absolute Gasteiger partial charge is 0.481 e. The van der Waals surface area contributed by atoms with Crippen molar-refractivity contribution >= 4 is 32.7 Å². The minimum absolute atomic E-state index is 0.262. The number of aromatic nitrogens is 1. The molecule has 1 aliphatic rings. The Morgan fingerprint density at radius 2 is 2.00 bits per heavy atom. The Balaban J connectivity index is 1.54. The SMILES string of the molecule is O=C(O)CCCN1CCN(c2nc3ccccc3s2)CC1. The van der Waals surface area contributed by atoms with Gasteiger partial charge in [0, 0.05) is 32.6 Å². The summed E-state index contributed by atoms with van der Waals surface area (Å²) in [6.07, 6.45) is 0.995. The zero-order valence-corrected chi connectivity index (χ0v) is 12.7. The van der Waals surface area contributed by atoms with Crippen LogP contribution in [0.3, 0.4) is 0 Å². The van der Waals surface area contributed by atoms with Crippen LogP contribution < -0.4 is 4.90 Å². The number of para-hydroxylation sites is 1. The summed E-state index contributed by atoms with van der Waals surface area (Å²) in [6, 6.07) is 8.23. The molecule has 2 aromatic rings. The first-order valence-electron chi connectivity index (χ1n) is 7.27. The summed E-state index contributed by atoms with van der Waals surface area (Å²) in [5, 5.41) is 9.77. The van der Waals surface area contributed by atoms with Gasteiger partial charge < -0.3 is 10.0 Å². The molecule has 1 aliphatic heterocycles. The Labute approximate surface area is 127 Å². The quantitative estimate of drug-likeness (QED) is 0.918. The molecule has 0 bridgehead atoms. The van der Waals surface area contributed by atoms with Crippen molar-refractivity contribution in [3.05, 3.63) is 24.3 Å². The van der Waals surface area contributed by atoms with E-state index in [1.54, 1.807) is 11.3 Å². The van der Waals surface area contributed by atoms with Gasteiger partial charge in [0.25, 0.3) is 0 Å². The number of aliphatic carboxylic acids is 1. The van der Waals surface area contributed by atoms with E-state index in [0.29, 0.717) is 0 Å². The summed E-state index contributed by atoms with van der Waals surface area (Å²) in [6.45, 7) is 4.77. The average molecular weight is 305 g/mol. The van der Waals surface area contributed by atoms with E-state index < -0.39 is 5.97 Å². The predicted octanol–water partition coefficient (Wildman–Crippen LogP) is 2.28. The van der Waals surface area contributed by atoms with E-state index in [1.165, 1.54) is 4.70 Å². The highest BCUT2D eigenvalue weighted by Crippen LogP contribution is 2.29. The van der Waals surface area contributed by atoms with Crippen LogP contribution in [0.15, 0.2) is 24.3 Å². The number of hydrogen-bond acceptors (Lipinski definition) is 5. The maximum atomic E-state index is 10.5. The standard InChI is InChI=1S/C15H19N3O2S/c19-14(20)6-3-7-17-8-10-18(11-9-17)15-16-12-4-1-2-5-13(12)21-15/h1-2,4-5H,3,6-11H2,(H,19,20). The highest BCUT2D eigenvalue weighted by atomic mass is 32.1. The van der Waals surface area contributed by atoms with Gasteiger partial charge in [0.2, 0.25) is 0 Å². The third-order valence-electron chi connectivity index (χ3n) is 3.79. The molecule has 1 aromatic carbocycles. The summed E-state index contributed by atoms with van der Waals surface area (Å²) < 4.78 is 1.23. The van der Waals surface area contributed by atoms with Crippen LogP contribution in [0.1, 0.15) is 12.8 Å². The van der Waals surface area contributed by atoms with Gasteiger partial charge in [-0.05, 0) is 25.1 Å². The molecule has 1 saturated heterocycles. The lowest BCUT2D eigenvalue weighted by Gasteiger charge is -2.34. The van der Waals surface area contributed by atoms with Gasteiger partial charge in [-0.25, -0.2) is 4.98 Å². The third kappa shape index (κ3) is 3.51. The summed E-state index contributed by atoms with van der Waals surface area (Å²) in [4.78, 5) is 19.9. The van der Waals surface area contributed by atoms with E-state index >= 15 is 0 Å². The minimum Gasteiger partial charge on any atom is -0.481 e. The number of nitrogens with zero attached hydrogens (tertiary/aromatic N) is 3. The molecule has 112 valence electrons. The number of carboxylic acids is 1. The van der Waals surface area contributed by atoms with Crippen LogP contribution in [0.25, 0.3) is 10.2 Å². The van der Waals surface area contributed by atoms with Crippen molar-refractivity contribution in [2.75, 3.05) is 37.6 Å². The molecule has 2 heterocycles. The number of carbonyl (C=O) groups is 1. The number of hydrogen-bond donors (Lipinski definition) is 1. The van der Waals surface area contributed by atoms with Gasteiger partial charge in [0.05, 0.1) is 10.2 Å². The van der Waals surface area contributed by atoms with E-state index in [9.17, 15) is 4.79 Å². The third-order valence-corrected chi connectivity index (χ3v) is 4.89. The zero-order valence-electron chi connectivity index (χ0n) is 11.9. The molecule has 0 atom stereocenters. The second-order valence-electron chi connectivity index (χ2n) is 5.29. The van der Waals surface area contributed by atoms with Crippen molar-refractivity contribution in [3.8, 4) is 0 Å². The summed E-state index contributed by atoms with van der Waals surface area (Å²) in [5.41, 5.74) is 1.07. The molecular formula is C15H19N3O2S. The van der Waals surface area contributed by atoms with Crippen LogP contribution in [-0.2, 0) is 4.79 Å². The topological polar surface area (TPSA) is 56.7 Å². The second kappa shape index (κ2) is 6.41. The molecule has 1 aromatic heterocycles. The lowest BCUT2D eigenvalue weighted by molar-refractivity contribution is -0.137. The Kier molecular flexibility index (Phi) is 4.36. The average Bonchev–Trinajstić information content (AvgIpc) is 2.91. The van der Waals surface area contributed by atoms with E-state index in [-0.39, 0.29) is 6.42 Å². The molecule has 6 heteroatoms. The fourth-order valence-electron chi connectivity index (χ4n) is 2.61. The Bertz CT molecular complexity index is 587. The van der Waals surface area contributed by atoms with Crippen molar-refractivity contribution in [1.82, 2.24) is 9.88 Å². The normalized spacial score (nSPS) is 16.5. The fourth-order valence-corrected chi connectivity index (χ4v) is 3.63. The highest BCUT2D eigenvalue weighted by molar-refractivity contribution is 7.22. The van der Waals surface area contributed by atoms with Crippen molar-refractivity contribution in [2.24, 2.45) is 0 Å². The van der Waals surface area contributed by atoms with E-state index in [0.717, 1.165) is 49.8 Å². The number of rotatable bonds is 5. The summed E-state index contributed by atoms with van der Waals surface area (Å²) in [7, 11) is 0. The van der Waals surface area contributed by atoms with Crippen molar-refractivity contribution < 1.29 is 9.90 Å². The van der Waals surface area contributed by atoms with Gasteiger partial charge in [-0.2, -0.15) is 0 Å². The number of fused-ring (bicyclic) bond motifs is 1. The van der Waals surface area contributed by atoms with E-state index in [2.05, 4.69) is 21.9 Å². The van der Waals surface area contributed by atoms with Gasteiger partial charge in [-0.1, -0.05) is 23.5 Å². The van der Waals surface area contributed by atoms with E-state index in [1.807, 2.05) is 12.1 Å². The zero-order chi connectivity index (χ0) is 14.7. The molecular weight excluding hydrogens is 286 g/mol. The van der Waals surface area contributed by atoms with Gasteiger partial charge >= 0.3 is 5.97 Å². The van der Waals surface area contributed by atoms with Gasteiger partial charge in [0.15, 0.2) is 5.13 Å². The maximum absolute atomic E-state index is 10.5. The lowest BCUT2D eigenvalue weighted by atomic mass is 10.2. The monoisotopic (exact) mass is 305 g/mol. The van der Waals surface area contributed by atoms with Crippen molar-refractivity contribution in [2.45, 2.75) is 12.8 Å². The molecule has 0 saturated carbocycles. The predicted molar refractivity (Wildman–Crippen MR) is 85.1 cm³/mol. The first-order valence-corrected chi connectivity index (χ1v) is 8.09. The molecule has 0 aliphatic carbocycles. The first-order chi connectivity index (χ1) is 10.2. The van der Waals surface area contributed by atoms with Crippen LogP contribution in [0, 0.1) is 0 Å². The van der Waals surface area contributed by atoms with Crippen LogP contribution in [0.5, 0.6) is 0 Å². The maximum Gasteiger partial charge on any atom is 0.303 e. The smallest absolute Gasteiger partial charge is 0.303 e. The number of carboxylic acid groups (broad SMARTS) is 1.